The zero-order valence-electron chi connectivity index (χ0n) is 40.7. The van der Waals surface area contributed by atoms with Crippen molar-refractivity contribution in [3.63, 3.8) is 0 Å². The van der Waals surface area contributed by atoms with Gasteiger partial charge in [0.25, 0.3) is 0 Å². The molecule has 4 aromatic heterocycles. The molecule has 372 valence electrons. The minimum absolute atomic E-state index is 0.107. The Balaban J connectivity index is 0.000000195. The normalized spacial score (nSPS) is 11.9. The first-order chi connectivity index (χ1) is 34.0. The van der Waals surface area contributed by atoms with Crippen molar-refractivity contribution in [2.75, 3.05) is 35.0 Å². The molecule has 0 radical (unpaired) electrons. The van der Waals surface area contributed by atoms with E-state index in [1.807, 2.05) is 47.2 Å². The predicted molar refractivity (Wildman–Crippen MR) is 277 cm³/mol. The highest BCUT2D eigenvalue weighted by Gasteiger charge is 2.20. The van der Waals surface area contributed by atoms with Gasteiger partial charge < -0.3 is 40.0 Å². The molecule has 71 heavy (non-hydrogen) atoms. The van der Waals surface area contributed by atoms with Crippen LogP contribution in [0.3, 0.4) is 0 Å². The molecule has 12 nitrogen and oxygen atoms in total. The lowest BCUT2D eigenvalue weighted by Crippen LogP contribution is -2.13. The van der Waals surface area contributed by atoms with E-state index in [0.717, 1.165) is 38.7 Å². The predicted octanol–water partition coefficient (Wildman–Crippen LogP) is 12.6. The largest absolute Gasteiger partial charge is 0.493 e. The van der Waals surface area contributed by atoms with Crippen LogP contribution in [0.15, 0.2) is 108 Å². The molecule has 2 atom stereocenters. The number of fused-ring (bicyclic) bond motifs is 2. The number of aromatic carboxylic acids is 1. The summed E-state index contributed by atoms with van der Waals surface area (Å²) in [5, 5.41) is 35.2. The first kappa shape index (κ1) is 53.5. The second kappa shape index (κ2) is 24.3. The highest BCUT2D eigenvalue weighted by Crippen LogP contribution is 2.38. The van der Waals surface area contributed by atoms with Gasteiger partial charge >= 0.3 is 5.97 Å². The Labute approximate surface area is 419 Å². The number of nitrogens with zero attached hydrogens (tertiary/aromatic N) is 2. The molecule has 0 amide bonds. The van der Waals surface area contributed by atoms with E-state index in [2.05, 4.69) is 32.7 Å². The number of aromatic nitrogens is 2. The van der Waals surface area contributed by atoms with E-state index >= 15 is 0 Å². The van der Waals surface area contributed by atoms with E-state index in [1.54, 1.807) is 36.4 Å². The number of benzene rings is 4. The lowest BCUT2D eigenvalue weighted by atomic mass is 9.97. The molecule has 8 aromatic rings. The number of hydrogen-bond donors (Lipinski definition) is 4. The van der Waals surface area contributed by atoms with Crippen LogP contribution in [0.5, 0.6) is 23.0 Å². The average Bonchev–Trinajstić information content (AvgIpc) is 4.04. The van der Waals surface area contributed by atoms with Gasteiger partial charge in [0.1, 0.15) is 17.7 Å². The zero-order valence-corrected chi connectivity index (χ0v) is 42.3. The summed E-state index contributed by atoms with van der Waals surface area (Å²) in [4.78, 5) is 32.7. The fraction of sp³-hybridized carbons (Fsp3) is 0.273. The quantitative estimate of drug-likeness (QED) is 0.0673. The molecular weight excluding hydrogens is 949 g/mol. The number of carbonyl (C=O) groups excluding carboxylic acids is 1. The molecule has 4 aromatic carbocycles. The van der Waals surface area contributed by atoms with Crippen LogP contribution in [0.1, 0.15) is 108 Å². The lowest BCUT2D eigenvalue weighted by Gasteiger charge is -2.15. The molecule has 0 aliphatic carbocycles. The molecule has 0 aliphatic heterocycles. The number of carboxylic acids is 1. The molecule has 4 heterocycles. The van der Waals surface area contributed by atoms with Crippen LogP contribution in [0.25, 0.3) is 42.7 Å². The van der Waals surface area contributed by atoms with Gasteiger partial charge in [0.15, 0.2) is 28.8 Å². The summed E-state index contributed by atoms with van der Waals surface area (Å²) in [5.74, 6) is 0.898. The van der Waals surface area contributed by atoms with Crippen LogP contribution >= 0.6 is 22.7 Å². The van der Waals surface area contributed by atoms with E-state index in [9.17, 15) is 28.6 Å². The van der Waals surface area contributed by atoms with Gasteiger partial charge in [0.2, 0.25) is 0 Å². The summed E-state index contributed by atoms with van der Waals surface area (Å²) in [6.07, 6.45) is -1.35. The number of aliphatic hydroxyl groups excluding tert-OH is 2. The maximum Gasteiger partial charge on any atom is 0.335 e. The number of ketones is 1. The molecule has 8 rings (SSSR count). The number of rotatable bonds is 16. The third kappa shape index (κ3) is 12.8. The topological polar surface area (TPSA) is 184 Å². The monoisotopic (exact) mass is 1010 g/mol. The Morgan fingerprint density at radius 2 is 1.04 bits per heavy atom. The molecule has 0 fully saturated rings. The van der Waals surface area contributed by atoms with Gasteiger partial charge in [0.05, 0.1) is 72.3 Å². The molecule has 16 heteroatoms. The van der Waals surface area contributed by atoms with Crippen LogP contribution in [-0.2, 0) is 0 Å². The van der Waals surface area contributed by atoms with E-state index in [4.69, 9.17) is 34.8 Å². The number of carboxylic acid groups (broad SMARTS) is 1. The lowest BCUT2D eigenvalue weighted by molar-refractivity contribution is 0.0696. The van der Waals surface area contributed by atoms with Gasteiger partial charge in [-0.15, -0.1) is 22.7 Å². The Morgan fingerprint density at radius 1 is 0.606 bits per heavy atom. The van der Waals surface area contributed by atoms with Gasteiger partial charge in [-0.25, -0.2) is 23.5 Å². The fourth-order valence-corrected chi connectivity index (χ4v) is 9.47. The number of methoxy groups -OCH3 is 4. The average molecular weight is 1010 g/mol. The van der Waals surface area contributed by atoms with Crippen molar-refractivity contribution in [1.82, 2.24) is 9.97 Å². The van der Waals surface area contributed by atoms with Crippen LogP contribution in [-0.4, -0.2) is 72.0 Å². The molecule has 0 aliphatic rings. The summed E-state index contributed by atoms with van der Waals surface area (Å²) in [6, 6.07) is 27.3. The second-order valence-electron chi connectivity index (χ2n) is 16.9. The molecule has 2 unspecified atom stereocenters. The van der Waals surface area contributed by atoms with Crippen LogP contribution in [0.2, 0.25) is 0 Å². The number of Topliss-reactive ketones (excluding diaryl/α,β-unsaturated/α-hetero) is 1. The van der Waals surface area contributed by atoms with E-state index in [-0.39, 0.29) is 48.3 Å². The van der Waals surface area contributed by atoms with Crippen LogP contribution < -0.4 is 24.7 Å². The van der Waals surface area contributed by atoms with Gasteiger partial charge in [-0.05, 0) is 102 Å². The van der Waals surface area contributed by atoms with Gasteiger partial charge in [-0.1, -0.05) is 52.0 Å². The number of halogens is 2. The van der Waals surface area contributed by atoms with Gasteiger partial charge in [-0.3, -0.25) is 4.79 Å². The fourth-order valence-electron chi connectivity index (χ4n) is 7.53. The molecule has 0 saturated carbocycles. The number of thiophene rings is 2. The molecular formula is C55H57F2N3O9S2. The summed E-state index contributed by atoms with van der Waals surface area (Å²) in [7, 11) is 6.02. The maximum atomic E-state index is 14.2. The first-order valence-electron chi connectivity index (χ1n) is 22.6. The minimum atomic E-state index is -0.985. The SMILES string of the molecule is CC(C)c1cc(-c2csc3c(F)cccc23)nc(C(O)CN)c1.COc1ccc(C(=O)CCC(O)c2cc(C(C)C)cc(-c3csc4c(F)cccc34)n2)cc1OC.COc1ccc(C(=O)O)cc1OC. The van der Waals surface area contributed by atoms with Crippen molar-refractivity contribution < 1.29 is 52.6 Å². The highest BCUT2D eigenvalue weighted by atomic mass is 32.1. The van der Waals surface area contributed by atoms with Crippen molar-refractivity contribution >= 4 is 54.6 Å². The number of carbonyl (C=O) groups is 2. The number of hydrogen-bond acceptors (Lipinski definition) is 13. The summed E-state index contributed by atoms with van der Waals surface area (Å²) in [6.45, 7) is 8.43. The molecule has 0 spiro atoms. The number of nitrogens with two attached hydrogens (primary N) is 1. The van der Waals surface area contributed by atoms with Crippen molar-refractivity contribution in [2.45, 2.75) is 64.6 Å². The summed E-state index contributed by atoms with van der Waals surface area (Å²) < 4.78 is 49.8. The minimum Gasteiger partial charge on any atom is -0.493 e. The maximum absolute atomic E-state index is 14.2. The van der Waals surface area contributed by atoms with E-state index < -0.39 is 18.2 Å². The molecule has 0 bridgehead atoms. The summed E-state index contributed by atoms with van der Waals surface area (Å²) >= 11 is 2.71. The van der Waals surface area contributed by atoms with Crippen molar-refractivity contribution in [1.29, 1.82) is 0 Å². The van der Waals surface area contributed by atoms with Crippen LogP contribution in [0, 0.1) is 11.6 Å². The first-order valence-corrected chi connectivity index (χ1v) is 24.4. The Bertz CT molecular complexity index is 3140. The molecule has 5 N–H and O–H groups in total. The standard InChI is InChI=1S/C28H28FNO4S.C18H19FN2OS.C9H10O4/c1-16(2)18-12-22(20-15-35-28-19(20)6-5-7-21(28)29)30-23(13-18)25(32)10-9-24(31)17-8-11-26(33-3)27(14-17)34-4;1-10(2)11-6-15(21-16(7-11)17(22)8-20)13-9-23-18-12(13)4-3-5-14(18)19;1-12-7-4-3-6(9(10)11)5-8(7)13-2/h5-8,11-16,25,32H,9-10H2,1-4H3;3-7,9-10,17,22H,8,20H2,1-2H3;3-5H,1-2H3,(H,10,11). The van der Waals surface area contributed by atoms with E-state index in [0.29, 0.717) is 61.0 Å². The third-order valence-corrected chi connectivity index (χ3v) is 13.6. The van der Waals surface area contributed by atoms with Crippen molar-refractivity contribution in [3.8, 4) is 45.5 Å². The second-order valence-corrected chi connectivity index (χ2v) is 18.7. The highest BCUT2D eigenvalue weighted by molar-refractivity contribution is 7.18. The van der Waals surface area contributed by atoms with Crippen molar-refractivity contribution in [2.24, 2.45) is 5.73 Å². The van der Waals surface area contributed by atoms with Gasteiger partial charge in [-0.2, -0.15) is 0 Å². The van der Waals surface area contributed by atoms with Crippen molar-refractivity contribution in [3.05, 3.63) is 153 Å². The number of aliphatic hydroxyl groups is 2. The number of pyridine rings is 2. The molecule has 0 saturated heterocycles. The summed E-state index contributed by atoms with van der Waals surface area (Å²) in [5.41, 5.74) is 12.6. The van der Waals surface area contributed by atoms with Crippen LogP contribution in [0.4, 0.5) is 8.78 Å². The van der Waals surface area contributed by atoms with Gasteiger partial charge in [0, 0.05) is 51.2 Å². The Kier molecular flexibility index (Phi) is 18.4. The third-order valence-electron chi connectivity index (χ3n) is 11.6. The number of ether oxygens (including phenoxy) is 4. The zero-order chi connectivity index (χ0) is 51.5. The Hall–Kier alpha value is -6.82. The van der Waals surface area contributed by atoms with E-state index in [1.165, 1.54) is 75.4 Å². The Morgan fingerprint density at radius 3 is 1.46 bits per heavy atom. The smallest absolute Gasteiger partial charge is 0.335 e.